The summed E-state index contributed by atoms with van der Waals surface area (Å²) in [6.07, 6.45) is 2.45. The Bertz CT molecular complexity index is 543. The number of anilines is 1. The van der Waals surface area contributed by atoms with E-state index in [-0.39, 0.29) is 0 Å². The second kappa shape index (κ2) is 4.76. The molecule has 1 aliphatic carbocycles. The topological polar surface area (TPSA) is 38.1 Å². The van der Waals surface area contributed by atoms with Gasteiger partial charge in [-0.2, -0.15) is 0 Å². The predicted octanol–water partition coefficient (Wildman–Crippen LogP) is 4.24. The van der Waals surface area contributed by atoms with Crippen molar-refractivity contribution >= 4 is 21.6 Å². The van der Waals surface area contributed by atoms with E-state index in [4.69, 9.17) is 4.52 Å². The molecule has 0 bridgehead atoms. The standard InChI is InChI=1S/C14H15BrN2O/c1-9-13(14(18-17-9)11-4-5-11)16-8-10-2-6-12(15)7-3-10/h2-3,6-7,11,16H,4-5,8H2,1H3. The summed E-state index contributed by atoms with van der Waals surface area (Å²) in [5.74, 6) is 1.61. The average molecular weight is 307 g/mol. The Hall–Kier alpha value is -1.29. The van der Waals surface area contributed by atoms with Crippen LogP contribution in [0.4, 0.5) is 5.69 Å². The summed E-state index contributed by atoms with van der Waals surface area (Å²) in [7, 11) is 0. The summed E-state index contributed by atoms with van der Waals surface area (Å²) in [5, 5.41) is 7.51. The zero-order valence-electron chi connectivity index (χ0n) is 10.2. The van der Waals surface area contributed by atoms with Crippen LogP contribution in [0.2, 0.25) is 0 Å². The second-order valence-corrected chi connectivity index (χ2v) is 5.68. The van der Waals surface area contributed by atoms with E-state index in [0.29, 0.717) is 5.92 Å². The van der Waals surface area contributed by atoms with Gasteiger partial charge in [-0.1, -0.05) is 33.2 Å². The molecule has 0 unspecified atom stereocenters. The fraction of sp³-hybridized carbons (Fsp3) is 0.357. The summed E-state index contributed by atoms with van der Waals surface area (Å²) in [6, 6.07) is 8.33. The number of nitrogens with zero attached hydrogens (tertiary/aromatic N) is 1. The van der Waals surface area contributed by atoms with Gasteiger partial charge in [0.2, 0.25) is 0 Å². The van der Waals surface area contributed by atoms with Crippen LogP contribution >= 0.6 is 15.9 Å². The van der Waals surface area contributed by atoms with Crippen LogP contribution in [-0.4, -0.2) is 5.16 Å². The largest absolute Gasteiger partial charge is 0.377 e. The van der Waals surface area contributed by atoms with Gasteiger partial charge < -0.3 is 9.84 Å². The van der Waals surface area contributed by atoms with Gasteiger partial charge in [-0.3, -0.25) is 0 Å². The van der Waals surface area contributed by atoms with E-state index in [9.17, 15) is 0 Å². The monoisotopic (exact) mass is 306 g/mol. The zero-order valence-corrected chi connectivity index (χ0v) is 11.8. The molecule has 94 valence electrons. The molecule has 0 radical (unpaired) electrons. The van der Waals surface area contributed by atoms with Crippen molar-refractivity contribution in [1.29, 1.82) is 0 Å². The number of hydrogen-bond donors (Lipinski definition) is 1. The van der Waals surface area contributed by atoms with E-state index in [0.717, 1.165) is 28.2 Å². The molecule has 0 amide bonds. The Morgan fingerprint density at radius 2 is 2.06 bits per heavy atom. The number of halogens is 1. The highest BCUT2D eigenvalue weighted by atomic mass is 79.9. The van der Waals surface area contributed by atoms with Crippen LogP contribution in [0.1, 0.15) is 35.8 Å². The van der Waals surface area contributed by atoms with Gasteiger partial charge in [0.05, 0.1) is 0 Å². The maximum absolute atomic E-state index is 5.41. The maximum Gasteiger partial charge on any atom is 0.163 e. The summed E-state index contributed by atoms with van der Waals surface area (Å²) in [4.78, 5) is 0. The van der Waals surface area contributed by atoms with Crippen molar-refractivity contribution in [3.63, 3.8) is 0 Å². The molecule has 0 spiro atoms. The summed E-state index contributed by atoms with van der Waals surface area (Å²) < 4.78 is 6.51. The number of benzene rings is 1. The Balaban J connectivity index is 1.72. The first-order valence-electron chi connectivity index (χ1n) is 6.18. The summed E-state index contributed by atoms with van der Waals surface area (Å²) >= 11 is 3.44. The number of aromatic nitrogens is 1. The van der Waals surface area contributed by atoms with Gasteiger partial charge in [-0.25, -0.2) is 0 Å². The fourth-order valence-corrected chi connectivity index (χ4v) is 2.28. The average Bonchev–Trinajstić information content (AvgIpc) is 3.14. The van der Waals surface area contributed by atoms with Crippen molar-refractivity contribution in [3.05, 3.63) is 45.8 Å². The van der Waals surface area contributed by atoms with Gasteiger partial charge in [0, 0.05) is 16.9 Å². The summed E-state index contributed by atoms with van der Waals surface area (Å²) in [5.41, 5.74) is 3.29. The van der Waals surface area contributed by atoms with Crippen molar-refractivity contribution in [2.45, 2.75) is 32.2 Å². The van der Waals surface area contributed by atoms with Crippen LogP contribution in [0.15, 0.2) is 33.3 Å². The Morgan fingerprint density at radius 1 is 1.33 bits per heavy atom. The minimum Gasteiger partial charge on any atom is -0.377 e. The Kier molecular flexibility index (Phi) is 3.12. The van der Waals surface area contributed by atoms with E-state index in [1.807, 2.05) is 6.92 Å². The summed E-state index contributed by atoms with van der Waals surface area (Å²) in [6.45, 7) is 2.79. The first kappa shape index (κ1) is 11.8. The molecule has 3 rings (SSSR count). The van der Waals surface area contributed by atoms with Gasteiger partial charge in [0.25, 0.3) is 0 Å². The van der Waals surface area contributed by atoms with Crippen LogP contribution in [-0.2, 0) is 6.54 Å². The van der Waals surface area contributed by atoms with Crippen molar-refractivity contribution in [3.8, 4) is 0 Å². The van der Waals surface area contributed by atoms with Crippen LogP contribution < -0.4 is 5.32 Å². The fourth-order valence-electron chi connectivity index (χ4n) is 2.02. The molecule has 2 aromatic rings. The highest BCUT2D eigenvalue weighted by molar-refractivity contribution is 9.10. The van der Waals surface area contributed by atoms with Crippen LogP contribution in [0, 0.1) is 6.92 Å². The molecule has 1 N–H and O–H groups in total. The predicted molar refractivity (Wildman–Crippen MR) is 74.7 cm³/mol. The molecule has 1 aliphatic rings. The van der Waals surface area contributed by atoms with Crippen molar-refractivity contribution < 1.29 is 4.52 Å². The van der Waals surface area contributed by atoms with Gasteiger partial charge >= 0.3 is 0 Å². The highest BCUT2D eigenvalue weighted by Gasteiger charge is 2.31. The molecule has 1 saturated carbocycles. The molecule has 4 heteroatoms. The van der Waals surface area contributed by atoms with Crippen molar-refractivity contribution in [1.82, 2.24) is 5.16 Å². The number of hydrogen-bond acceptors (Lipinski definition) is 3. The Labute approximate surface area is 115 Å². The van der Waals surface area contributed by atoms with E-state index >= 15 is 0 Å². The van der Waals surface area contributed by atoms with Crippen molar-refractivity contribution in [2.24, 2.45) is 0 Å². The second-order valence-electron chi connectivity index (χ2n) is 4.76. The van der Waals surface area contributed by atoms with Gasteiger partial charge in [0.1, 0.15) is 11.4 Å². The normalized spacial score (nSPS) is 14.8. The Morgan fingerprint density at radius 3 is 2.72 bits per heavy atom. The highest BCUT2D eigenvalue weighted by Crippen LogP contribution is 2.44. The molecule has 1 heterocycles. The molecular formula is C14H15BrN2O. The third-order valence-electron chi connectivity index (χ3n) is 3.22. The molecule has 1 fully saturated rings. The lowest BCUT2D eigenvalue weighted by molar-refractivity contribution is 0.381. The van der Waals surface area contributed by atoms with Gasteiger partial charge in [-0.15, -0.1) is 0 Å². The quantitative estimate of drug-likeness (QED) is 0.918. The number of aryl methyl sites for hydroxylation is 1. The lowest BCUT2D eigenvalue weighted by Gasteiger charge is -2.06. The molecule has 0 saturated heterocycles. The smallest absolute Gasteiger partial charge is 0.163 e. The van der Waals surface area contributed by atoms with E-state index < -0.39 is 0 Å². The van der Waals surface area contributed by atoms with Crippen LogP contribution in [0.25, 0.3) is 0 Å². The van der Waals surface area contributed by atoms with E-state index in [2.05, 4.69) is 50.7 Å². The zero-order chi connectivity index (χ0) is 12.5. The van der Waals surface area contributed by atoms with Crippen LogP contribution in [0.3, 0.4) is 0 Å². The van der Waals surface area contributed by atoms with Crippen LogP contribution in [0.5, 0.6) is 0 Å². The molecule has 0 atom stereocenters. The van der Waals surface area contributed by atoms with E-state index in [1.165, 1.54) is 18.4 Å². The molecule has 1 aromatic heterocycles. The third kappa shape index (κ3) is 2.43. The minimum absolute atomic E-state index is 0.582. The first-order valence-corrected chi connectivity index (χ1v) is 6.98. The molecule has 0 aliphatic heterocycles. The molecule has 3 nitrogen and oxygen atoms in total. The third-order valence-corrected chi connectivity index (χ3v) is 3.75. The van der Waals surface area contributed by atoms with Gasteiger partial charge in [-0.05, 0) is 37.5 Å². The first-order chi connectivity index (χ1) is 8.74. The SMILES string of the molecule is Cc1noc(C2CC2)c1NCc1ccc(Br)cc1. The molecule has 1 aromatic carbocycles. The maximum atomic E-state index is 5.41. The van der Waals surface area contributed by atoms with Gasteiger partial charge in [0.15, 0.2) is 5.76 Å². The lowest BCUT2D eigenvalue weighted by Crippen LogP contribution is -2.01. The molecule has 18 heavy (non-hydrogen) atoms. The lowest BCUT2D eigenvalue weighted by atomic mass is 10.2. The number of rotatable bonds is 4. The minimum atomic E-state index is 0.582. The molecular weight excluding hydrogens is 292 g/mol. The number of nitrogens with one attached hydrogen (secondary N) is 1. The van der Waals surface area contributed by atoms with E-state index in [1.54, 1.807) is 0 Å². The van der Waals surface area contributed by atoms with Crippen molar-refractivity contribution in [2.75, 3.05) is 5.32 Å².